The fourth-order valence-corrected chi connectivity index (χ4v) is 1.27. The van der Waals surface area contributed by atoms with Gasteiger partial charge in [0.15, 0.2) is 0 Å². The minimum atomic E-state index is -4.12. The first kappa shape index (κ1) is 8.80. The molecule has 0 aromatic heterocycles. The van der Waals surface area contributed by atoms with Crippen molar-refractivity contribution in [3.63, 3.8) is 0 Å². The molecule has 1 aliphatic heterocycles. The molecule has 0 radical (unpaired) electrons. The molecular weight excluding hydrogens is 157 g/mol. The van der Waals surface area contributed by atoms with Crippen molar-refractivity contribution >= 4 is 0 Å². The number of rotatable bonds is 1. The van der Waals surface area contributed by atoms with Crippen molar-refractivity contribution in [1.29, 1.82) is 0 Å². The molecule has 11 heavy (non-hydrogen) atoms. The second kappa shape index (κ2) is 2.98. The molecule has 0 amide bonds. The zero-order chi connectivity index (χ0) is 8.48. The smallest absolute Gasteiger partial charge is 0.390 e. The Morgan fingerprint density at radius 2 is 2.00 bits per heavy atom. The van der Waals surface area contributed by atoms with E-state index < -0.39 is 18.0 Å². The van der Waals surface area contributed by atoms with E-state index >= 15 is 0 Å². The molecule has 0 unspecified atom stereocenters. The van der Waals surface area contributed by atoms with Gasteiger partial charge in [-0.15, -0.1) is 13.1 Å². The molecule has 0 aromatic rings. The van der Waals surface area contributed by atoms with Gasteiger partial charge in [-0.05, 0) is 12.5 Å². The standard InChI is InChI=1S/C6H10F3N2/c7-6(8,9)5-3-11-2-4(5)1-10/h4-5H,1-3,10H2/q-1/t4-,5-/m0/s1. The Morgan fingerprint density at radius 3 is 2.36 bits per heavy atom. The summed E-state index contributed by atoms with van der Waals surface area (Å²) in [6.45, 7) is 0.236. The lowest BCUT2D eigenvalue weighted by atomic mass is 9.96. The van der Waals surface area contributed by atoms with Crippen LogP contribution in [0, 0.1) is 11.8 Å². The minimum absolute atomic E-state index is 0.0771. The third-order valence-corrected chi connectivity index (χ3v) is 1.98. The van der Waals surface area contributed by atoms with Crippen LogP contribution in [0.15, 0.2) is 0 Å². The third-order valence-electron chi connectivity index (χ3n) is 1.98. The third kappa shape index (κ3) is 1.84. The fraction of sp³-hybridized carbons (Fsp3) is 1.00. The van der Waals surface area contributed by atoms with Gasteiger partial charge in [-0.25, -0.2) is 0 Å². The molecule has 1 fully saturated rings. The van der Waals surface area contributed by atoms with Gasteiger partial charge < -0.3 is 11.1 Å². The van der Waals surface area contributed by atoms with E-state index in [9.17, 15) is 13.2 Å². The van der Waals surface area contributed by atoms with Crippen molar-refractivity contribution < 1.29 is 13.2 Å². The Labute approximate surface area is 62.9 Å². The summed E-state index contributed by atoms with van der Waals surface area (Å²) in [6, 6.07) is 0. The molecule has 0 aromatic carbocycles. The average Bonchev–Trinajstić information content (AvgIpc) is 2.31. The monoisotopic (exact) mass is 167 g/mol. The maximum atomic E-state index is 12.1. The molecule has 0 spiro atoms. The molecule has 1 rings (SSSR count). The van der Waals surface area contributed by atoms with Gasteiger partial charge in [0, 0.05) is 5.92 Å². The van der Waals surface area contributed by atoms with Crippen LogP contribution in [0.2, 0.25) is 0 Å². The number of hydrogen-bond donors (Lipinski definition) is 1. The van der Waals surface area contributed by atoms with E-state index in [0.29, 0.717) is 0 Å². The van der Waals surface area contributed by atoms with Gasteiger partial charge in [-0.1, -0.05) is 0 Å². The zero-order valence-corrected chi connectivity index (χ0v) is 5.93. The van der Waals surface area contributed by atoms with Crippen LogP contribution in [0.5, 0.6) is 0 Å². The summed E-state index contributed by atoms with van der Waals surface area (Å²) in [5.41, 5.74) is 5.16. The molecular formula is C6H10F3N2-. The zero-order valence-electron chi connectivity index (χ0n) is 5.93. The van der Waals surface area contributed by atoms with Crippen LogP contribution in [0.25, 0.3) is 5.32 Å². The molecule has 1 aliphatic rings. The number of nitrogens with zero attached hydrogens (tertiary/aromatic N) is 1. The van der Waals surface area contributed by atoms with Crippen LogP contribution in [-0.4, -0.2) is 25.8 Å². The number of alkyl halides is 3. The van der Waals surface area contributed by atoms with Crippen LogP contribution in [-0.2, 0) is 0 Å². The normalized spacial score (nSPS) is 32.7. The molecule has 0 bridgehead atoms. The van der Waals surface area contributed by atoms with E-state index in [1.54, 1.807) is 0 Å². The Balaban J connectivity index is 2.57. The summed E-state index contributed by atoms with van der Waals surface area (Å²) >= 11 is 0. The van der Waals surface area contributed by atoms with E-state index in [-0.39, 0.29) is 19.6 Å². The maximum Gasteiger partial charge on any atom is 0.390 e. The summed E-state index contributed by atoms with van der Waals surface area (Å²) in [7, 11) is 0. The summed E-state index contributed by atoms with van der Waals surface area (Å²) in [4.78, 5) is 0. The Morgan fingerprint density at radius 1 is 1.36 bits per heavy atom. The second-order valence-corrected chi connectivity index (χ2v) is 2.73. The van der Waals surface area contributed by atoms with E-state index in [1.165, 1.54) is 0 Å². The first-order chi connectivity index (χ1) is 5.05. The quantitative estimate of drug-likeness (QED) is 0.624. The highest BCUT2D eigenvalue weighted by atomic mass is 19.4. The van der Waals surface area contributed by atoms with E-state index in [2.05, 4.69) is 5.32 Å². The first-order valence-corrected chi connectivity index (χ1v) is 3.45. The van der Waals surface area contributed by atoms with E-state index in [0.717, 1.165) is 0 Å². The lowest BCUT2D eigenvalue weighted by Gasteiger charge is -2.22. The maximum absolute atomic E-state index is 12.1. The Kier molecular flexibility index (Phi) is 2.39. The molecule has 0 aliphatic carbocycles. The molecule has 2 nitrogen and oxygen atoms in total. The highest BCUT2D eigenvalue weighted by Crippen LogP contribution is 2.37. The highest BCUT2D eigenvalue weighted by molar-refractivity contribution is 5.01. The molecule has 66 valence electrons. The highest BCUT2D eigenvalue weighted by Gasteiger charge is 2.42. The molecule has 5 heteroatoms. The van der Waals surface area contributed by atoms with Gasteiger partial charge in [-0.2, -0.15) is 13.2 Å². The second-order valence-electron chi connectivity index (χ2n) is 2.73. The van der Waals surface area contributed by atoms with Crippen LogP contribution in [0.4, 0.5) is 13.2 Å². The van der Waals surface area contributed by atoms with Crippen molar-refractivity contribution in [1.82, 2.24) is 0 Å². The van der Waals surface area contributed by atoms with Crippen LogP contribution >= 0.6 is 0 Å². The van der Waals surface area contributed by atoms with Gasteiger partial charge in [-0.3, -0.25) is 0 Å². The van der Waals surface area contributed by atoms with Crippen molar-refractivity contribution in [2.45, 2.75) is 6.18 Å². The largest absolute Gasteiger partial charge is 0.661 e. The van der Waals surface area contributed by atoms with Crippen molar-refractivity contribution in [3.8, 4) is 0 Å². The van der Waals surface area contributed by atoms with E-state index in [4.69, 9.17) is 5.73 Å². The summed E-state index contributed by atoms with van der Waals surface area (Å²) < 4.78 is 36.2. The van der Waals surface area contributed by atoms with Crippen molar-refractivity contribution in [2.24, 2.45) is 17.6 Å². The summed E-state index contributed by atoms with van der Waals surface area (Å²) in [5, 5.41) is 3.68. The van der Waals surface area contributed by atoms with Crippen LogP contribution in [0.1, 0.15) is 0 Å². The van der Waals surface area contributed by atoms with Crippen molar-refractivity contribution in [3.05, 3.63) is 5.32 Å². The molecule has 1 saturated heterocycles. The molecule has 2 atom stereocenters. The van der Waals surface area contributed by atoms with E-state index in [1.807, 2.05) is 0 Å². The topological polar surface area (TPSA) is 40.1 Å². The predicted octanol–water partition coefficient (Wildman–Crippen LogP) is 1.13. The van der Waals surface area contributed by atoms with Gasteiger partial charge in [0.25, 0.3) is 0 Å². The Hall–Kier alpha value is -0.290. The Bertz CT molecular complexity index is 134. The van der Waals surface area contributed by atoms with Crippen molar-refractivity contribution in [2.75, 3.05) is 19.6 Å². The fourth-order valence-electron chi connectivity index (χ4n) is 1.27. The van der Waals surface area contributed by atoms with Gasteiger partial charge in [0.2, 0.25) is 0 Å². The summed E-state index contributed by atoms with van der Waals surface area (Å²) in [5.74, 6) is -1.79. The van der Waals surface area contributed by atoms with Gasteiger partial charge in [0.05, 0.1) is 0 Å². The van der Waals surface area contributed by atoms with Crippen LogP contribution in [0.3, 0.4) is 0 Å². The number of halogens is 3. The number of nitrogens with two attached hydrogens (primary N) is 1. The summed E-state index contributed by atoms with van der Waals surface area (Å²) in [6.07, 6.45) is -4.12. The SMILES string of the molecule is NC[C@H]1C[N-]C[C@@H]1C(F)(F)F. The first-order valence-electron chi connectivity index (χ1n) is 3.45. The molecule has 2 N–H and O–H groups in total. The van der Waals surface area contributed by atoms with Crippen LogP contribution < -0.4 is 5.73 Å². The lowest BCUT2D eigenvalue weighted by molar-refractivity contribution is -0.177. The minimum Gasteiger partial charge on any atom is -0.661 e. The van der Waals surface area contributed by atoms with Gasteiger partial charge in [0.1, 0.15) is 0 Å². The van der Waals surface area contributed by atoms with Gasteiger partial charge >= 0.3 is 6.18 Å². The lowest BCUT2D eigenvalue weighted by Crippen LogP contribution is -2.33. The average molecular weight is 167 g/mol. The molecule has 1 heterocycles. The predicted molar refractivity (Wildman–Crippen MR) is 35.2 cm³/mol. The number of hydrogen-bond acceptors (Lipinski definition) is 1. The molecule has 0 saturated carbocycles.